The highest BCUT2D eigenvalue weighted by atomic mass is 16.6. The Bertz CT molecular complexity index is 414. The molecule has 0 spiro atoms. The van der Waals surface area contributed by atoms with Crippen molar-refractivity contribution in [3.8, 4) is 0 Å². The molecule has 4 heteroatoms. The summed E-state index contributed by atoms with van der Waals surface area (Å²) in [7, 11) is 0. The molecule has 1 N–H and O–H groups in total. The molecule has 2 rings (SSSR count). The van der Waals surface area contributed by atoms with Crippen molar-refractivity contribution in [2.45, 2.75) is 19.4 Å². The van der Waals surface area contributed by atoms with E-state index in [1.807, 2.05) is 44.2 Å². The zero-order valence-corrected chi connectivity index (χ0v) is 8.65. The van der Waals surface area contributed by atoms with Crippen LogP contribution in [0.4, 0.5) is 4.79 Å². The summed E-state index contributed by atoms with van der Waals surface area (Å²) < 4.78 is 5.29. The quantitative estimate of drug-likeness (QED) is 0.760. The molecule has 0 aliphatic carbocycles. The molecular formula is C11H12N2O2. The van der Waals surface area contributed by atoms with Crippen molar-refractivity contribution in [3.05, 3.63) is 35.9 Å². The van der Waals surface area contributed by atoms with Gasteiger partial charge in [-0.05, 0) is 13.8 Å². The van der Waals surface area contributed by atoms with Gasteiger partial charge in [-0.3, -0.25) is 0 Å². The van der Waals surface area contributed by atoms with Crippen LogP contribution < -0.4 is 5.43 Å². The van der Waals surface area contributed by atoms with Gasteiger partial charge in [-0.1, -0.05) is 30.3 Å². The second kappa shape index (κ2) is 3.38. The van der Waals surface area contributed by atoms with Crippen molar-refractivity contribution in [1.82, 2.24) is 5.43 Å². The molecule has 15 heavy (non-hydrogen) atoms. The number of carbonyl (C=O) groups excluding carboxylic acids is 1. The Hall–Kier alpha value is -1.84. The van der Waals surface area contributed by atoms with E-state index in [-0.39, 0.29) is 0 Å². The molecule has 1 atom stereocenters. The van der Waals surface area contributed by atoms with Crippen LogP contribution in [-0.2, 0) is 10.3 Å². The topological polar surface area (TPSA) is 50.7 Å². The van der Waals surface area contributed by atoms with Gasteiger partial charge in [0, 0.05) is 5.56 Å². The van der Waals surface area contributed by atoms with Crippen molar-refractivity contribution < 1.29 is 9.53 Å². The lowest BCUT2D eigenvalue weighted by Gasteiger charge is -2.32. The molecule has 1 amide bonds. The number of nitrogens with one attached hydrogen (secondary N) is 1. The Labute approximate surface area is 87.9 Å². The summed E-state index contributed by atoms with van der Waals surface area (Å²) in [5.41, 5.74) is 3.17. The number of cyclic esters (lactones) is 1. The lowest BCUT2D eigenvalue weighted by Crippen LogP contribution is -2.44. The maximum absolute atomic E-state index is 11.2. The van der Waals surface area contributed by atoms with Gasteiger partial charge in [-0.2, -0.15) is 5.10 Å². The molecular weight excluding hydrogens is 192 g/mol. The zero-order valence-electron chi connectivity index (χ0n) is 8.65. The maximum atomic E-state index is 11.2. The Morgan fingerprint density at radius 2 is 2.00 bits per heavy atom. The van der Waals surface area contributed by atoms with E-state index in [4.69, 9.17) is 4.74 Å². The minimum absolute atomic E-state index is 0.521. The number of hydrogen-bond acceptors (Lipinski definition) is 3. The molecule has 1 aliphatic heterocycles. The molecule has 1 aromatic rings. The average Bonchev–Trinajstić information content (AvgIpc) is 2.25. The normalized spacial score (nSPS) is 25.2. The Balaban J connectivity index is 2.46. The maximum Gasteiger partial charge on any atom is 0.429 e. The fourth-order valence-electron chi connectivity index (χ4n) is 1.54. The Kier molecular flexibility index (Phi) is 2.19. The van der Waals surface area contributed by atoms with Crippen LogP contribution in [0, 0.1) is 0 Å². The number of ether oxygens (including phenoxy) is 1. The molecule has 1 aliphatic rings. The molecule has 1 heterocycles. The third kappa shape index (κ3) is 1.58. The number of carbonyl (C=O) groups is 1. The fraction of sp³-hybridized carbons (Fsp3) is 0.273. The van der Waals surface area contributed by atoms with Crippen molar-refractivity contribution in [2.75, 3.05) is 0 Å². The molecule has 0 aromatic heterocycles. The van der Waals surface area contributed by atoms with Crippen LogP contribution in [0.25, 0.3) is 0 Å². The van der Waals surface area contributed by atoms with E-state index in [1.54, 1.807) is 0 Å². The summed E-state index contributed by atoms with van der Waals surface area (Å²) in [5.74, 6) is 0. The summed E-state index contributed by atoms with van der Waals surface area (Å²) in [4.78, 5) is 11.2. The molecule has 0 saturated carbocycles. The van der Waals surface area contributed by atoms with Crippen LogP contribution in [0.15, 0.2) is 35.4 Å². The summed E-state index contributed by atoms with van der Waals surface area (Å²) >= 11 is 0. The number of rotatable bonds is 1. The highest BCUT2D eigenvalue weighted by molar-refractivity contribution is 5.95. The zero-order chi connectivity index (χ0) is 10.9. The third-order valence-electron chi connectivity index (χ3n) is 2.63. The molecule has 0 fully saturated rings. The first kappa shape index (κ1) is 9.71. The molecule has 0 radical (unpaired) electrons. The van der Waals surface area contributed by atoms with E-state index < -0.39 is 11.7 Å². The minimum Gasteiger partial charge on any atom is -0.431 e. The van der Waals surface area contributed by atoms with E-state index in [1.165, 1.54) is 0 Å². The first-order chi connectivity index (χ1) is 7.13. The largest absolute Gasteiger partial charge is 0.431 e. The molecule has 1 unspecified atom stereocenters. The van der Waals surface area contributed by atoms with E-state index in [0.29, 0.717) is 0 Å². The first-order valence-corrected chi connectivity index (χ1v) is 4.72. The van der Waals surface area contributed by atoms with Gasteiger partial charge in [-0.25, -0.2) is 10.2 Å². The van der Waals surface area contributed by atoms with Crippen LogP contribution in [0.2, 0.25) is 0 Å². The van der Waals surface area contributed by atoms with Gasteiger partial charge < -0.3 is 4.74 Å². The molecule has 1 aromatic carbocycles. The van der Waals surface area contributed by atoms with E-state index in [2.05, 4.69) is 10.5 Å². The second-order valence-corrected chi connectivity index (χ2v) is 3.60. The number of amides is 1. The predicted octanol–water partition coefficient (Wildman–Crippen LogP) is 2.02. The van der Waals surface area contributed by atoms with Gasteiger partial charge in [0.2, 0.25) is 0 Å². The lowest BCUT2D eigenvalue weighted by molar-refractivity contribution is 0.0626. The molecule has 0 saturated heterocycles. The van der Waals surface area contributed by atoms with Gasteiger partial charge in [0.1, 0.15) is 0 Å². The third-order valence-corrected chi connectivity index (χ3v) is 2.63. The predicted molar refractivity (Wildman–Crippen MR) is 56.5 cm³/mol. The van der Waals surface area contributed by atoms with Crippen LogP contribution >= 0.6 is 0 Å². The van der Waals surface area contributed by atoms with Gasteiger partial charge in [0.25, 0.3) is 0 Å². The Morgan fingerprint density at radius 3 is 2.67 bits per heavy atom. The van der Waals surface area contributed by atoms with Gasteiger partial charge in [0.15, 0.2) is 5.60 Å². The lowest BCUT2D eigenvalue weighted by atomic mass is 9.91. The smallest absolute Gasteiger partial charge is 0.429 e. The van der Waals surface area contributed by atoms with Gasteiger partial charge in [-0.15, -0.1) is 0 Å². The van der Waals surface area contributed by atoms with Crippen molar-refractivity contribution in [1.29, 1.82) is 0 Å². The van der Waals surface area contributed by atoms with Crippen molar-refractivity contribution in [2.24, 2.45) is 5.10 Å². The number of hydrazone groups is 1. The highest BCUT2D eigenvalue weighted by Gasteiger charge is 2.37. The molecule has 78 valence electrons. The van der Waals surface area contributed by atoms with E-state index >= 15 is 0 Å². The van der Waals surface area contributed by atoms with Crippen LogP contribution in [0.5, 0.6) is 0 Å². The summed E-state index contributed by atoms with van der Waals surface area (Å²) in [6.07, 6.45) is -0.521. The monoisotopic (exact) mass is 204 g/mol. The number of nitrogens with zero attached hydrogens (tertiary/aromatic N) is 1. The fourth-order valence-corrected chi connectivity index (χ4v) is 1.54. The highest BCUT2D eigenvalue weighted by Crippen LogP contribution is 2.28. The van der Waals surface area contributed by atoms with Gasteiger partial charge in [0.05, 0.1) is 5.71 Å². The van der Waals surface area contributed by atoms with E-state index in [0.717, 1.165) is 11.3 Å². The minimum atomic E-state index is -0.760. The summed E-state index contributed by atoms with van der Waals surface area (Å²) in [6.45, 7) is 3.66. The number of benzene rings is 1. The van der Waals surface area contributed by atoms with Crippen molar-refractivity contribution in [3.63, 3.8) is 0 Å². The van der Waals surface area contributed by atoms with Crippen LogP contribution in [-0.4, -0.2) is 11.8 Å². The average molecular weight is 204 g/mol. The summed E-state index contributed by atoms with van der Waals surface area (Å²) in [6, 6.07) is 9.56. The standard InChI is InChI=1S/C11H12N2O2/c1-8-11(2,15-10(14)13-12-8)9-6-4-3-5-7-9/h3-7H,1-2H3,(H,13,14). The first-order valence-electron chi connectivity index (χ1n) is 4.72. The van der Waals surface area contributed by atoms with Crippen LogP contribution in [0.1, 0.15) is 19.4 Å². The van der Waals surface area contributed by atoms with E-state index in [9.17, 15) is 4.79 Å². The van der Waals surface area contributed by atoms with Crippen LogP contribution in [0.3, 0.4) is 0 Å². The molecule has 4 nitrogen and oxygen atoms in total. The second-order valence-electron chi connectivity index (χ2n) is 3.60. The SMILES string of the molecule is CC1=NNC(=O)OC1(C)c1ccccc1. The van der Waals surface area contributed by atoms with Crippen molar-refractivity contribution >= 4 is 11.8 Å². The molecule has 0 bridgehead atoms. The number of hydrogen-bond donors (Lipinski definition) is 1. The van der Waals surface area contributed by atoms with Gasteiger partial charge >= 0.3 is 6.09 Å². The summed E-state index contributed by atoms with van der Waals surface area (Å²) in [5, 5.41) is 3.93. The Morgan fingerprint density at radius 1 is 1.33 bits per heavy atom.